The van der Waals surface area contributed by atoms with E-state index in [-0.39, 0.29) is 24.0 Å². The van der Waals surface area contributed by atoms with E-state index in [1.54, 1.807) is 0 Å². The molecule has 2 N–H and O–H groups in total. The average molecular weight is 169 g/mol. The Bertz CT molecular complexity index is 265. The van der Waals surface area contributed by atoms with Crippen molar-refractivity contribution in [3.63, 3.8) is 0 Å². The first-order valence-electron chi connectivity index (χ1n) is 3.78. The molecular formula is C8H11NO3. The van der Waals surface area contributed by atoms with E-state index < -0.39 is 5.91 Å². The number of carbonyl (C=O) groups is 2. The molecular weight excluding hydrogens is 158 g/mol. The minimum atomic E-state index is -0.685. The van der Waals surface area contributed by atoms with Gasteiger partial charge in [-0.25, -0.2) is 0 Å². The van der Waals surface area contributed by atoms with Gasteiger partial charge in [0.1, 0.15) is 0 Å². The molecule has 1 aliphatic rings. The summed E-state index contributed by atoms with van der Waals surface area (Å²) in [4.78, 5) is 21.7. The summed E-state index contributed by atoms with van der Waals surface area (Å²) >= 11 is 0. The van der Waals surface area contributed by atoms with E-state index in [1.165, 1.54) is 0 Å². The molecule has 0 aromatic rings. The Hall–Kier alpha value is -1.32. The lowest BCUT2D eigenvalue weighted by Gasteiger charge is -2.17. The van der Waals surface area contributed by atoms with E-state index in [2.05, 4.69) is 0 Å². The molecule has 1 aliphatic heterocycles. The zero-order valence-electron chi connectivity index (χ0n) is 7.05. The van der Waals surface area contributed by atoms with Crippen LogP contribution in [0.15, 0.2) is 11.3 Å². The molecule has 1 heterocycles. The van der Waals surface area contributed by atoms with Crippen molar-refractivity contribution < 1.29 is 14.7 Å². The largest absolute Gasteiger partial charge is 0.503 e. The zero-order chi connectivity index (χ0) is 9.30. The van der Waals surface area contributed by atoms with Gasteiger partial charge >= 0.3 is 0 Å². The van der Waals surface area contributed by atoms with Gasteiger partial charge in [-0.05, 0) is 11.5 Å². The summed E-state index contributed by atoms with van der Waals surface area (Å²) in [6, 6.07) is 0. The second-order valence-corrected chi connectivity index (χ2v) is 3.08. The summed E-state index contributed by atoms with van der Waals surface area (Å²) < 4.78 is 0. The van der Waals surface area contributed by atoms with E-state index in [0.29, 0.717) is 5.57 Å². The van der Waals surface area contributed by atoms with Crippen LogP contribution < -0.4 is 5.32 Å². The summed E-state index contributed by atoms with van der Waals surface area (Å²) in [6.45, 7) is 3.66. The Morgan fingerprint density at radius 3 is 2.50 bits per heavy atom. The van der Waals surface area contributed by atoms with Crippen molar-refractivity contribution in [2.75, 3.05) is 0 Å². The monoisotopic (exact) mass is 169 g/mol. The van der Waals surface area contributed by atoms with E-state index in [4.69, 9.17) is 0 Å². The molecule has 0 radical (unpaired) electrons. The number of nitrogens with one attached hydrogen (secondary N) is 1. The van der Waals surface area contributed by atoms with Crippen LogP contribution in [0, 0.1) is 5.92 Å². The third-order valence-electron chi connectivity index (χ3n) is 1.82. The molecule has 66 valence electrons. The van der Waals surface area contributed by atoms with Crippen LogP contribution >= 0.6 is 0 Å². The maximum absolute atomic E-state index is 10.9. The molecule has 4 nitrogen and oxygen atoms in total. The third-order valence-corrected chi connectivity index (χ3v) is 1.82. The lowest BCUT2D eigenvalue weighted by Crippen LogP contribution is -2.37. The molecule has 0 atom stereocenters. The predicted molar refractivity (Wildman–Crippen MR) is 42.3 cm³/mol. The van der Waals surface area contributed by atoms with E-state index in [1.807, 2.05) is 19.2 Å². The van der Waals surface area contributed by atoms with E-state index >= 15 is 0 Å². The third kappa shape index (κ3) is 1.47. The first kappa shape index (κ1) is 8.77. The highest BCUT2D eigenvalue weighted by atomic mass is 16.3. The minimum Gasteiger partial charge on any atom is -0.503 e. The van der Waals surface area contributed by atoms with Gasteiger partial charge in [0, 0.05) is 0 Å². The molecule has 12 heavy (non-hydrogen) atoms. The fraction of sp³-hybridized carbons (Fsp3) is 0.500. The van der Waals surface area contributed by atoms with E-state index in [9.17, 15) is 14.7 Å². The van der Waals surface area contributed by atoms with Gasteiger partial charge in [0.15, 0.2) is 5.76 Å². The smallest absolute Gasteiger partial charge is 0.292 e. The van der Waals surface area contributed by atoms with Gasteiger partial charge in [-0.3, -0.25) is 14.9 Å². The molecule has 2 amide bonds. The Labute approximate surface area is 70.3 Å². The van der Waals surface area contributed by atoms with Gasteiger partial charge in [-0.2, -0.15) is 0 Å². The van der Waals surface area contributed by atoms with Crippen LogP contribution in [0.5, 0.6) is 0 Å². The minimum absolute atomic E-state index is 0.0278. The van der Waals surface area contributed by atoms with Crippen LogP contribution in [0.3, 0.4) is 0 Å². The number of carbonyl (C=O) groups excluding carboxylic acids is 2. The van der Waals surface area contributed by atoms with Gasteiger partial charge in [0.05, 0.1) is 6.42 Å². The molecule has 4 heteroatoms. The molecule has 0 aliphatic carbocycles. The van der Waals surface area contributed by atoms with Crippen LogP contribution in [-0.4, -0.2) is 16.9 Å². The van der Waals surface area contributed by atoms with Gasteiger partial charge in [-0.1, -0.05) is 13.8 Å². The van der Waals surface area contributed by atoms with Crippen molar-refractivity contribution in [3.05, 3.63) is 11.3 Å². The van der Waals surface area contributed by atoms with Gasteiger partial charge < -0.3 is 5.11 Å². The molecule has 0 unspecified atom stereocenters. The molecule has 0 aromatic heterocycles. The average Bonchev–Trinajstić information content (AvgIpc) is 1.96. The quantitative estimate of drug-likeness (QED) is 0.562. The maximum Gasteiger partial charge on any atom is 0.292 e. The summed E-state index contributed by atoms with van der Waals surface area (Å²) in [7, 11) is 0. The number of hydrogen-bond donors (Lipinski definition) is 2. The lowest BCUT2D eigenvalue weighted by atomic mass is 9.96. The SMILES string of the molecule is CC(C)C1=C(O)C(=O)NC(=O)C1. The van der Waals surface area contributed by atoms with Crippen LogP contribution in [0.4, 0.5) is 0 Å². The Morgan fingerprint density at radius 2 is 2.00 bits per heavy atom. The van der Waals surface area contributed by atoms with Crippen LogP contribution in [0.2, 0.25) is 0 Å². The van der Waals surface area contributed by atoms with Crippen molar-refractivity contribution in [1.29, 1.82) is 0 Å². The van der Waals surface area contributed by atoms with Crippen molar-refractivity contribution in [1.82, 2.24) is 5.32 Å². The number of aliphatic hydroxyl groups is 1. The standard InChI is InChI=1S/C8H11NO3/c1-4(2)5-3-6(10)9-8(12)7(5)11/h4,11H,3H2,1-2H3,(H,9,10,12). The predicted octanol–water partition coefficient (Wildman–Crippen LogP) is 0.501. The fourth-order valence-corrected chi connectivity index (χ4v) is 1.11. The number of imide groups is 1. The number of hydrogen-bond acceptors (Lipinski definition) is 3. The molecule has 0 bridgehead atoms. The highest BCUT2D eigenvalue weighted by molar-refractivity contribution is 6.07. The first-order valence-corrected chi connectivity index (χ1v) is 3.78. The van der Waals surface area contributed by atoms with E-state index in [0.717, 1.165) is 0 Å². The molecule has 1 rings (SSSR count). The van der Waals surface area contributed by atoms with Crippen LogP contribution in [0.25, 0.3) is 0 Å². The Morgan fingerprint density at radius 1 is 1.42 bits per heavy atom. The number of aliphatic hydroxyl groups excluding tert-OH is 1. The van der Waals surface area contributed by atoms with Crippen molar-refractivity contribution >= 4 is 11.8 Å². The molecule has 0 fully saturated rings. The molecule has 0 saturated carbocycles. The fourth-order valence-electron chi connectivity index (χ4n) is 1.11. The molecule has 0 saturated heterocycles. The zero-order valence-corrected chi connectivity index (χ0v) is 7.05. The topological polar surface area (TPSA) is 66.4 Å². The normalized spacial score (nSPS) is 18.6. The first-order chi connectivity index (χ1) is 5.52. The number of amides is 2. The highest BCUT2D eigenvalue weighted by Crippen LogP contribution is 2.20. The second kappa shape index (κ2) is 2.97. The Balaban J connectivity index is 3.01. The molecule has 0 spiro atoms. The summed E-state index contributed by atoms with van der Waals surface area (Å²) in [5.41, 5.74) is 0.517. The van der Waals surface area contributed by atoms with Crippen molar-refractivity contribution in [2.24, 2.45) is 5.92 Å². The number of rotatable bonds is 1. The van der Waals surface area contributed by atoms with Gasteiger partial charge in [0.2, 0.25) is 5.91 Å². The summed E-state index contributed by atoms with van der Waals surface area (Å²) in [5.74, 6) is -1.30. The highest BCUT2D eigenvalue weighted by Gasteiger charge is 2.25. The maximum atomic E-state index is 10.9. The van der Waals surface area contributed by atoms with Crippen LogP contribution in [-0.2, 0) is 9.59 Å². The second-order valence-electron chi connectivity index (χ2n) is 3.08. The van der Waals surface area contributed by atoms with Crippen molar-refractivity contribution in [2.45, 2.75) is 20.3 Å². The summed E-state index contributed by atoms with van der Waals surface area (Å²) in [5, 5.41) is 11.3. The molecule has 0 aromatic carbocycles. The lowest BCUT2D eigenvalue weighted by molar-refractivity contribution is -0.130. The van der Waals surface area contributed by atoms with Gasteiger partial charge in [-0.15, -0.1) is 0 Å². The van der Waals surface area contributed by atoms with Crippen LogP contribution in [0.1, 0.15) is 20.3 Å². The summed E-state index contributed by atoms with van der Waals surface area (Å²) in [6.07, 6.45) is 0.120. The van der Waals surface area contributed by atoms with Gasteiger partial charge in [0.25, 0.3) is 5.91 Å². The van der Waals surface area contributed by atoms with Crippen molar-refractivity contribution in [3.8, 4) is 0 Å². The Kier molecular flexibility index (Phi) is 2.17.